The molecule has 1 atom stereocenters. The van der Waals surface area contributed by atoms with Gasteiger partial charge < -0.3 is 10.6 Å². The standard InChI is InChI=1S/C13H21N3/c1-4-5-6-9-16(3)12-7-8-13(11(2)14)15-10-12/h4,7-8,10-11H,1,5-6,9,14H2,2-3H3/t11-/m0/s1. The molecule has 0 saturated heterocycles. The molecule has 0 spiro atoms. The first-order chi connectivity index (χ1) is 7.65. The summed E-state index contributed by atoms with van der Waals surface area (Å²) < 4.78 is 0. The summed E-state index contributed by atoms with van der Waals surface area (Å²) >= 11 is 0. The predicted octanol–water partition coefficient (Wildman–Crippen LogP) is 2.50. The van der Waals surface area contributed by atoms with Gasteiger partial charge in [0, 0.05) is 19.6 Å². The second-order valence-corrected chi connectivity index (χ2v) is 4.08. The molecule has 0 saturated carbocycles. The Kier molecular flexibility index (Phi) is 4.99. The molecule has 0 amide bonds. The molecule has 1 heterocycles. The van der Waals surface area contributed by atoms with Gasteiger partial charge in [-0.15, -0.1) is 6.58 Å². The van der Waals surface area contributed by atoms with E-state index in [1.165, 1.54) is 0 Å². The summed E-state index contributed by atoms with van der Waals surface area (Å²) in [4.78, 5) is 6.54. The molecule has 3 nitrogen and oxygen atoms in total. The van der Waals surface area contributed by atoms with Crippen LogP contribution in [0.15, 0.2) is 31.0 Å². The first kappa shape index (κ1) is 12.7. The first-order valence-electron chi connectivity index (χ1n) is 5.68. The Morgan fingerprint density at radius 1 is 1.56 bits per heavy atom. The van der Waals surface area contributed by atoms with Crippen LogP contribution in [0.2, 0.25) is 0 Å². The Hall–Kier alpha value is -1.35. The van der Waals surface area contributed by atoms with Crippen LogP contribution in [0, 0.1) is 0 Å². The third-order valence-corrected chi connectivity index (χ3v) is 2.58. The molecule has 0 aliphatic rings. The van der Waals surface area contributed by atoms with Crippen LogP contribution in [0.25, 0.3) is 0 Å². The van der Waals surface area contributed by atoms with Crippen LogP contribution >= 0.6 is 0 Å². The minimum absolute atomic E-state index is 0.000113. The molecule has 1 aromatic rings. The van der Waals surface area contributed by atoms with Crippen LogP contribution in [0.3, 0.4) is 0 Å². The highest BCUT2D eigenvalue weighted by Gasteiger charge is 2.03. The number of pyridine rings is 1. The van der Waals surface area contributed by atoms with Crippen LogP contribution < -0.4 is 10.6 Å². The zero-order valence-corrected chi connectivity index (χ0v) is 10.2. The van der Waals surface area contributed by atoms with Crippen LogP contribution in [0.4, 0.5) is 5.69 Å². The molecule has 0 radical (unpaired) electrons. The van der Waals surface area contributed by atoms with Gasteiger partial charge >= 0.3 is 0 Å². The molecule has 1 aromatic heterocycles. The smallest absolute Gasteiger partial charge is 0.0569 e. The van der Waals surface area contributed by atoms with Crippen molar-refractivity contribution in [3.63, 3.8) is 0 Å². The van der Waals surface area contributed by atoms with E-state index < -0.39 is 0 Å². The normalized spacial score (nSPS) is 12.2. The Labute approximate surface area is 98.0 Å². The Balaban J connectivity index is 2.55. The van der Waals surface area contributed by atoms with E-state index in [2.05, 4.69) is 29.6 Å². The molecule has 3 heteroatoms. The summed E-state index contributed by atoms with van der Waals surface area (Å²) in [5, 5.41) is 0. The van der Waals surface area contributed by atoms with Gasteiger partial charge in [0.25, 0.3) is 0 Å². The summed E-state index contributed by atoms with van der Waals surface area (Å²) in [5.41, 5.74) is 7.82. The molecular formula is C13H21N3. The maximum atomic E-state index is 5.75. The van der Waals surface area contributed by atoms with Crippen LogP contribution in [0.5, 0.6) is 0 Å². The van der Waals surface area contributed by atoms with Gasteiger partial charge in [-0.3, -0.25) is 4.98 Å². The molecule has 0 aliphatic heterocycles. The minimum Gasteiger partial charge on any atom is -0.373 e. The maximum absolute atomic E-state index is 5.75. The monoisotopic (exact) mass is 219 g/mol. The van der Waals surface area contributed by atoms with Gasteiger partial charge in [-0.05, 0) is 31.9 Å². The second kappa shape index (κ2) is 6.28. The number of hydrogen-bond donors (Lipinski definition) is 1. The topological polar surface area (TPSA) is 42.1 Å². The highest BCUT2D eigenvalue weighted by molar-refractivity contribution is 5.43. The number of nitrogens with two attached hydrogens (primary N) is 1. The third kappa shape index (κ3) is 3.66. The zero-order valence-electron chi connectivity index (χ0n) is 10.2. The van der Waals surface area contributed by atoms with Crippen LogP contribution in [-0.2, 0) is 0 Å². The van der Waals surface area contributed by atoms with Gasteiger partial charge in [0.1, 0.15) is 0 Å². The molecule has 0 fully saturated rings. The molecule has 0 aliphatic carbocycles. The number of hydrogen-bond acceptors (Lipinski definition) is 3. The molecular weight excluding hydrogens is 198 g/mol. The minimum atomic E-state index is 0.000113. The van der Waals surface area contributed by atoms with Gasteiger partial charge in [0.05, 0.1) is 17.6 Å². The molecule has 2 N–H and O–H groups in total. The number of rotatable bonds is 6. The van der Waals surface area contributed by atoms with Gasteiger partial charge in [0.15, 0.2) is 0 Å². The Morgan fingerprint density at radius 3 is 2.81 bits per heavy atom. The number of anilines is 1. The van der Waals surface area contributed by atoms with Crippen molar-refractivity contribution in [2.75, 3.05) is 18.5 Å². The summed E-state index contributed by atoms with van der Waals surface area (Å²) in [6, 6.07) is 4.06. The van der Waals surface area contributed by atoms with E-state index in [-0.39, 0.29) is 6.04 Å². The fourth-order valence-corrected chi connectivity index (χ4v) is 1.49. The third-order valence-electron chi connectivity index (χ3n) is 2.58. The van der Waals surface area contributed by atoms with Crippen molar-refractivity contribution in [3.8, 4) is 0 Å². The second-order valence-electron chi connectivity index (χ2n) is 4.08. The van der Waals surface area contributed by atoms with E-state index in [9.17, 15) is 0 Å². The van der Waals surface area contributed by atoms with E-state index >= 15 is 0 Å². The summed E-state index contributed by atoms with van der Waals surface area (Å²) in [7, 11) is 2.08. The quantitative estimate of drug-likeness (QED) is 0.590. The van der Waals surface area contributed by atoms with Crippen molar-refractivity contribution < 1.29 is 0 Å². The summed E-state index contributed by atoms with van der Waals surface area (Å²) in [6.45, 7) is 6.68. The maximum Gasteiger partial charge on any atom is 0.0569 e. The number of allylic oxidation sites excluding steroid dienone is 1. The van der Waals surface area contributed by atoms with Crippen molar-refractivity contribution in [2.24, 2.45) is 5.73 Å². The summed E-state index contributed by atoms with van der Waals surface area (Å²) in [6.07, 6.45) is 6.00. The summed E-state index contributed by atoms with van der Waals surface area (Å²) in [5.74, 6) is 0. The molecule has 0 unspecified atom stereocenters. The molecule has 88 valence electrons. The lowest BCUT2D eigenvalue weighted by Crippen LogP contribution is -2.18. The lowest BCUT2D eigenvalue weighted by molar-refractivity contribution is 0.773. The van der Waals surface area contributed by atoms with E-state index in [0.29, 0.717) is 0 Å². The lowest BCUT2D eigenvalue weighted by Gasteiger charge is -2.19. The van der Waals surface area contributed by atoms with Crippen LogP contribution in [-0.4, -0.2) is 18.6 Å². The van der Waals surface area contributed by atoms with E-state index in [4.69, 9.17) is 5.73 Å². The average molecular weight is 219 g/mol. The fraction of sp³-hybridized carbons (Fsp3) is 0.462. The van der Waals surface area contributed by atoms with E-state index in [0.717, 1.165) is 30.8 Å². The van der Waals surface area contributed by atoms with Crippen molar-refractivity contribution in [2.45, 2.75) is 25.8 Å². The SMILES string of the molecule is C=CCCCN(C)c1ccc([C@H](C)N)nc1. The van der Waals surface area contributed by atoms with E-state index in [1.54, 1.807) is 0 Å². The van der Waals surface area contributed by atoms with Crippen molar-refractivity contribution in [3.05, 3.63) is 36.7 Å². The highest BCUT2D eigenvalue weighted by atomic mass is 15.1. The molecule has 1 rings (SSSR count). The lowest BCUT2D eigenvalue weighted by atomic mass is 10.2. The number of unbranched alkanes of at least 4 members (excludes halogenated alkanes) is 1. The number of nitrogens with zero attached hydrogens (tertiary/aromatic N) is 2. The van der Waals surface area contributed by atoms with Gasteiger partial charge in [-0.2, -0.15) is 0 Å². The van der Waals surface area contributed by atoms with Gasteiger partial charge in [-0.25, -0.2) is 0 Å². The fourth-order valence-electron chi connectivity index (χ4n) is 1.49. The van der Waals surface area contributed by atoms with Gasteiger partial charge in [0.2, 0.25) is 0 Å². The Morgan fingerprint density at radius 2 is 2.31 bits per heavy atom. The van der Waals surface area contributed by atoms with Crippen molar-refractivity contribution in [1.29, 1.82) is 0 Å². The number of aromatic nitrogens is 1. The first-order valence-corrected chi connectivity index (χ1v) is 5.68. The molecule has 16 heavy (non-hydrogen) atoms. The van der Waals surface area contributed by atoms with E-state index in [1.807, 2.05) is 25.3 Å². The average Bonchev–Trinajstić information content (AvgIpc) is 2.29. The molecule has 0 bridgehead atoms. The zero-order chi connectivity index (χ0) is 12.0. The van der Waals surface area contributed by atoms with Crippen molar-refractivity contribution in [1.82, 2.24) is 4.98 Å². The van der Waals surface area contributed by atoms with Crippen molar-refractivity contribution >= 4 is 5.69 Å². The Bertz CT molecular complexity index is 316. The predicted molar refractivity (Wildman–Crippen MR) is 69.5 cm³/mol. The van der Waals surface area contributed by atoms with Gasteiger partial charge in [-0.1, -0.05) is 6.08 Å². The largest absolute Gasteiger partial charge is 0.373 e. The molecule has 0 aromatic carbocycles. The van der Waals surface area contributed by atoms with Crippen LogP contribution in [0.1, 0.15) is 31.5 Å². The highest BCUT2D eigenvalue weighted by Crippen LogP contribution is 2.14.